The van der Waals surface area contributed by atoms with E-state index in [0.29, 0.717) is 44.0 Å². The first-order chi connectivity index (χ1) is 10.8. The SMILES string of the molecule is CCOc1ncnc2c1CCN(C(=O)c1ccnnc1)CC2. The van der Waals surface area contributed by atoms with Crippen molar-refractivity contribution in [1.82, 2.24) is 25.1 Å². The third-order valence-electron chi connectivity index (χ3n) is 3.64. The van der Waals surface area contributed by atoms with E-state index in [1.165, 1.54) is 18.7 Å². The van der Waals surface area contributed by atoms with E-state index in [2.05, 4.69) is 20.2 Å². The van der Waals surface area contributed by atoms with Crippen LogP contribution in [0.2, 0.25) is 0 Å². The Labute approximate surface area is 128 Å². The lowest BCUT2D eigenvalue weighted by molar-refractivity contribution is 0.0762. The number of aromatic nitrogens is 4. The van der Waals surface area contributed by atoms with Gasteiger partial charge in [-0.05, 0) is 19.4 Å². The molecule has 7 nitrogen and oxygen atoms in total. The highest BCUT2D eigenvalue weighted by Crippen LogP contribution is 2.22. The van der Waals surface area contributed by atoms with Gasteiger partial charge in [-0.1, -0.05) is 0 Å². The normalized spacial score (nSPS) is 14.1. The maximum atomic E-state index is 12.5. The van der Waals surface area contributed by atoms with Gasteiger partial charge in [-0.3, -0.25) is 4.79 Å². The summed E-state index contributed by atoms with van der Waals surface area (Å²) in [5.74, 6) is 0.598. The van der Waals surface area contributed by atoms with Crippen LogP contribution in [0.25, 0.3) is 0 Å². The summed E-state index contributed by atoms with van der Waals surface area (Å²) < 4.78 is 5.57. The molecule has 1 aliphatic heterocycles. The molecule has 114 valence electrons. The van der Waals surface area contributed by atoms with Crippen molar-refractivity contribution in [2.24, 2.45) is 0 Å². The average molecular weight is 299 g/mol. The minimum atomic E-state index is -0.0337. The number of nitrogens with zero attached hydrogens (tertiary/aromatic N) is 5. The largest absolute Gasteiger partial charge is 0.478 e. The van der Waals surface area contributed by atoms with Gasteiger partial charge < -0.3 is 9.64 Å². The summed E-state index contributed by atoms with van der Waals surface area (Å²) in [7, 11) is 0. The molecule has 0 atom stereocenters. The fourth-order valence-electron chi connectivity index (χ4n) is 2.56. The maximum Gasteiger partial charge on any atom is 0.255 e. The fraction of sp³-hybridized carbons (Fsp3) is 0.400. The van der Waals surface area contributed by atoms with Crippen molar-refractivity contribution in [3.8, 4) is 5.88 Å². The Kier molecular flexibility index (Phi) is 4.22. The van der Waals surface area contributed by atoms with Gasteiger partial charge in [-0.2, -0.15) is 10.2 Å². The number of amides is 1. The van der Waals surface area contributed by atoms with Crippen molar-refractivity contribution in [3.63, 3.8) is 0 Å². The lowest BCUT2D eigenvalue weighted by Gasteiger charge is -2.19. The number of rotatable bonds is 3. The Morgan fingerprint density at radius 2 is 2.14 bits per heavy atom. The molecule has 3 heterocycles. The van der Waals surface area contributed by atoms with Gasteiger partial charge in [-0.15, -0.1) is 0 Å². The number of hydrogen-bond acceptors (Lipinski definition) is 6. The first-order valence-corrected chi connectivity index (χ1v) is 7.31. The number of fused-ring (bicyclic) bond motifs is 1. The van der Waals surface area contributed by atoms with Crippen LogP contribution in [0.15, 0.2) is 24.8 Å². The highest BCUT2D eigenvalue weighted by atomic mass is 16.5. The van der Waals surface area contributed by atoms with E-state index in [1.807, 2.05) is 11.8 Å². The van der Waals surface area contributed by atoms with Crippen LogP contribution in [-0.2, 0) is 12.8 Å². The lowest BCUT2D eigenvalue weighted by atomic mass is 10.1. The van der Waals surface area contributed by atoms with Gasteiger partial charge in [-0.25, -0.2) is 9.97 Å². The van der Waals surface area contributed by atoms with Gasteiger partial charge in [0.05, 0.1) is 30.3 Å². The molecule has 0 aliphatic carbocycles. The highest BCUT2D eigenvalue weighted by molar-refractivity contribution is 5.93. The number of ether oxygens (including phenoxy) is 1. The van der Waals surface area contributed by atoms with E-state index in [9.17, 15) is 4.79 Å². The molecule has 0 saturated carbocycles. The van der Waals surface area contributed by atoms with Gasteiger partial charge >= 0.3 is 0 Å². The van der Waals surface area contributed by atoms with Crippen LogP contribution >= 0.6 is 0 Å². The van der Waals surface area contributed by atoms with E-state index in [-0.39, 0.29) is 5.91 Å². The van der Waals surface area contributed by atoms with Gasteiger partial charge in [0.15, 0.2) is 0 Å². The number of hydrogen-bond donors (Lipinski definition) is 0. The van der Waals surface area contributed by atoms with Gasteiger partial charge in [0.2, 0.25) is 5.88 Å². The predicted molar refractivity (Wildman–Crippen MR) is 78.5 cm³/mol. The lowest BCUT2D eigenvalue weighted by Crippen LogP contribution is -2.33. The van der Waals surface area contributed by atoms with E-state index >= 15 is 0 Å². The summed E-state index contributed by atoms with van der Waals surface area (Å²) >= 11 is 0. The van der Waals surface area contributed by atoms with Crippen molar-refractivity contribution in [1.29, 1.82) is 0 Å². The zero-order chi connectivity index (χ0) is 15.4. The van der Waals surface area contributed by atoms with Crippen LogP contribution in [-0.4, -0.2) is 50.7 Å². The molecule has 22 heavy (non-hydrogen) atoms. The smallest absolute Gasteiger partial charge is 0.255 e. The summed E-state index contributed by atoms with van der Waals surface area (Å²) in [5.41, 5.74) is 2.52. The second kappa shape index (κ2) is 6.46. The van der Waals surface area contributed by atoms with E-state index in [4.69, 9.17) is 4.74 Å². The summed E-state index contributed by atoms with van der Waals surface area (Å²) in [6.07, 6.45) is 5.93. The Morgan fingerprint density at radius 3 is 2.91 bits per heavy atom. The van der Waals surface area contributed by atoms with Crippen LogP contribution in [0.4, 0.5) is 0 Å². The van der Waals surface area contributed by atoms with E-state index < -0.39 is 0 Å². The molecule has 2 aromatic rings. The van der Waals surface area contributed by atoms with Crippen molar-refractivity contribution in [2.75, 3.05) is 19.7 Å². The van der Waals surface area contributed by atoms with Gasteiger partial charge in [0.1, 0.15) is 6.33 Å². The first kappa shape index (κ1) is 14.4. The molecular formula is C15H17N5O2. The number of carbonyl (C=O) groups excluding carboxylic acids is 1. The van der Waals surface area contributed by atoms with E-state index in [1.54, 1.807) is 6.07 Å². The molecule has 0 N–H and O–H groups in total. The average Bonchev–Trinajstić information content (AvgIpc) is 2.79. The van der Waals surface area contributed by atoms with Crippen LogP contribution in [0.5, 0.6) is 5.88 Å². The molecule has 1 aliphatic rings. The predicted octanol–water partition coefficient (Wildman–Crippen LogP) is 0.906. The topological polar surface area (TPSA) is 81.1 Å². The molecule has 1 amide bonds. The van der Waals surface area contributed by atoms with Crippen LogP contribution in [0.1, 0.15) is 28.5 Å². The molecule has 0 unspecified atom stereocenters. The summed E-state index contributed by atoms with van der Waals surface area (Å²) in [6.45, 7) is 3.73. The second-order valence-electron chi connectivity index (χ2n) is 4.96. The third kappa shape index (κ3) is 2.88. The standard InChI is InChI=1S/C15H17N5O2/c1-2-22-14-12-4-7-20(8-5-13(12)16-10-17-14)15(21)11-3-6-18-19-9-11/h3,6,9-10H,2,4-5,7-8H2,1H3. The first-order valence-electron chi connectivity index (χ1n) is 7.31. The van der Waals surface area contributed by atoms with Crippen molar-refractivity contribution in [3.05, 3.63) is 41.6 Å². The van der Waals surface area contributed by atoms with Crippen molar-refractivity contribution in [2.45, 2.75) is 19.8 Å². The monoisotopic (exact) mass is 299 g/mol. The van der Waals surface area contributed by atoms with Crippen LogP contribution < -0.4 is 4.74 Å². The molecule has 0 aromatic carbocycles. The van der Waals surface area contributed by atoms with Crippen LogP contribution in [0, 0.1) is 0 Å². The summed E-state index contributed by atoms with van der Waals surface area (Å²) in [4.78, 5) is 22.9. The molecule has 0 spiro atoms. The Bertz CT molecular complexity index is 662. The minimum absolute atomic E-state index is 0.0337. The summed E-state index contributed by atoms with van der Waals surface area (Å²) in [5, 5.41) is 7.46. The number of carbonyl (C=O) groups is 1. The Hall–Kier alpha value is -2.57. The van der Waals surface area contributed by atoms with Crippen molar-refractivity contribution < 1.29 is 9.53 Å². The molecule has 2 aromatic heterocycles. The Balaban J connectivity index is 1.79. The zero-order valence-corrected chi connectivity index (χ0v) is 12.4. The molecule has 7 heteroatoms. The fourth-order valence-corrected chi connectivity index (χ4v) is 2.56. The molecule has 0 saturated heterocycles. The molecule has 0 bridgehead atoms. The maximum absolute atomic E-state index is 12.5. The molecular weight excluding hydrogens is 282 g/mol. The van der Waals surface area contributed by atoms with Crippen LogP contribution in [0.3, 0.4) is 0 Å². The van der Waals surface area contributed by atoms with Gasteiger partial charge in [0.25, 0.3) is 5.91 Å². The third-order valence-corrected chi connectivity index (χ3v) is 3.64. The molecule has 0 fully saturated rings. The molecule has 0 radical (unpaired) electrons. The van der Waals surface area contributed by atoms with E-state index in [0.717, 1.165) is 11.3 Å². The second-order valence-corrected chi connectivity index (χ2v) is 4.96. The van der Waals surface area contributed by atoms with Crippen molar-refractivity contribution >= 4 is 5.91 Å². The summed E-state index contributed by atoms with van der Waals surface area (Å²) in [6, 6.07) is 1.68. The van der Waals surface area contributed by atoms with Gasteiger partial charge in [0, 0.05) is 25.1 Å². The minimum Gasteiger partial charge on any atom is -0.478 e. The quantitative estimate of drug-likeness (QED) is 0.838. The zero-order valence-electron chi connectivity index (χ0n) is 12.4. The highest BCUT2D eigenvalue weighted by Gasteiger charge is 2.23. The molecule has 3 rings (SSSR count). The Morgan fingerprint density at radius 1 is 1.27 bits per heavy atom.